The Morgan fingerprint density at radius 2 is 2.21 bits per heavy atom. The summed E-state index contributed by atoms with van der Waals surface area (Å²) in [7, 11) is 0. The number of hydrogen-bond acceptors (Lipinski definition) is 2. The Kier molecular flexibility index (Phi) is 2.82. The van der Waals surface area contributed by atoms with Crippen LogP contribution in [0.2, 0.25) is 0 Å². The van der Waals surface area contributed by atoms with Crippen LogP contribution >= 0.6 is 0 Å². The summed E-state index contributed by atoms with van der Waals surface area (Å²) in [6.07, 6.45) is 9.32. The molecule has 0 spiro atoms. The molecule has 1 heterocycles. The van der Waals surface area contributed by atoms with Gasteiger partial charge >= 0.3 is 0 Å². The minimum atomic E-state index is 0.406. The van der Waals surface area contributed by atoms with Crippen molar-refractivity contribution in [2.75, 3.05) is 6.54 Å². The highest BCUT2D eigenvalue weighted by Gasteiger charge is 2.35. The van der Waals surface area contributed by atoms with E-state index in [1.54, 1.807) is 0 Å². The van der Waals surface area contributed by atoms with E-state index in [9.17, 15) is 0 Å². The topological polar surface area (TPSA) is 21.3 Å². The van der Waals surface area contributed by atoms with Gasteiger partial charge in [-0.05, 0) is 37.2 Å². The van der Waals surface area contributed by atoms with Gasteiger partial charge in [-0.2, -0.15) is 0 Å². The van der Waals surface area contributed by atoms with Crippen molar-refractivity contribution >= 4 is 0 Å². The van der Waals surface area contributed by atoms with Crippen LogP contribution in [0.25, 0.3) is 0 Å². The maximum absolute atomic E-state index is 5.51. The van der Waals surface area contributed by atoms with E-state index in [0.717, 1.165) is 12.6 Å². The second-order valence-corrected chi connectivity index (χ2v) is 5.38. The number of allylic oxidation sites excluding steroid dienone is 1. The first-order chi connectivity index (χ1) is 6.66. The van der Waals surface area contributed by atoms with Gasteiger partial charge in [-0.1, -0.05) is 13.8 Å². The summed E-state index contributed by atoms with van der Waals surface area (Å²) in [5.74, 6) is 0. The monoisotopic (exact) mass is 195 g/mol. The van der Waals surface area contributed by atoms with E-state index in [0.29, 0.717) is 11.5 Å². The third-order valence-corrected chi connectivity index (χ3v) is 3.25. The molecule has 1 aliphatic carbocycles. The van der Waals surface area contributed by atoms with E-state index in [4.69, 9.17) is 4.74 Å². The van der Waals surface area contributed by atoms with Crippen LogP contribution in [0.1, 0.15) is 39.5 Å². The molecule has 0 bridgehead atoms. The van der Waals surface area contributed by atoms with Crippen LogP contribution in [0.3, 0.4) is 0 Å². The van der Waals surface area contributed by atoms with Crippen molar-refractivity contribution in [3.8, 4) is 0 Å². The van der Waals surface area contributed by atoms with Gasteiger partial charge < -0.3 is 10.1 Å². The second kappa shape index (κ2) is 3.93. The SMILES string of the molecule is CC1(C)CC(NCC2CCC=CO2)C1. The van der Waals surface area contributed by atoms with E-state index in [-0.39, 0.29) is 0 Å². The molecule has 1 N–H and O–H groups in total. The molecule has 80 valence electrons. The maximum atomic E-state index is 5.51. The van der Waals surface area contributed by atoms with Crippen molar-refractivity contribution in [3.63, 3.8) is 0 Å². The van der Waals surface area contributed by atoms with Crippen molar-refractivity contribution in [2.45, 2.75) is 51.7 Å². The standard InChI is InChI=1S/C12H21NO/c1-12(2)7-10(8-12)13-9-11-5-3-4-6-14-11/h4,6,10-11,13H,3,5,7-9H2,1-2H3. The molecule has 1 fully saturated rings. The second-order valence-electron chi connectivity index (χ2n) is 5.38. The van der Waals surface area contributed by atoms with E-state index in [2.05, 4.69) is 25.2 Å². The predicted molar refractivity (Wildman–Crippen MR) is 58.1 cm³/mol. The highest BCUT2D eigenvalue weighted by Crippen LogP contribution is 2.39. The summed E-state index contributed by atoms with van der Waals surface area (Å²) >= 11 is 0. The van der Waals surface area contributed by atoms with Crippen LogP contribution in [0.15, 0.2) is 12.3 Å². The molecular formula is C12H21NO. The van der Waals surface area contributed by atoms with E-state index < -0.39 is 0 Å². The van der Waals surface area contributed by atoms with Crippen molar-refractivity contribution in [3.05, 3.63) is 12.3 Å². The quantitative estimate of drug-likeness (QED) is 0.747. The molecule has 0 aromatic rings. The van der Waals surface area contributed by atoms with Crippen molar-refractivity contribution in [1.29, 1.82) is 0 Å². The minimum absolute atomic E-state index is 0.406. The first-order valence-electron chi connectivity index (χ1n) is 5.70. The van der Waals surface area contributed by atoms with Gasteiger partial charge in [0.1, 0.15) is 6.10 Å². The lowest BCUT2D eigenvalue weighted by atomic mass is 9.68. The predicted octanol–water partition coefficient (Wildman–Crippen LogP) is 2.46. The zero-order valence-corrected chi connectivity index (χ0v) is 9.25. The van der Waals surface area contributed by atoms with Gasteiger partial charge in [-0.25, -0.2) is 0 Å². The molecule has 0 aromatic carbocycles. The lowest BCUT2D eigenvalue weighted by Crippen LogP contribution is -2.48. The van der Waals surface area contributed by atoms with Crippen LogP contribution in [0.5, 0.6) is 0 Å². The molecule has 1 unspecified atom stereocenters. The largest absolute Gasteiger partial charge is 0.497 e. The normalized spacial score (nSPS) is 30.9. The van der Waals surface area contributed by atoms with Crippen molar-refractivity contribution < 1.29 is 4.74 Å². The highest BCUT2D eigenvalue weighted by molar-refractivity contribution is 4.92. The van der Waals surface area contributed by atoms with Crippen molar-refractivity contribution in [1.82, 2.24) is 5.32 Å². The molecule has 1 aliphatic heterocycles. The van der Waals surface area contributed by atoms with Crippen LogP contribution in [-0.4, -0.2) is 18.7 Å². The van der Waals surface area contributed by atoms with Crippen molar-refractivity contribution in [2.24, 2.45) is 5.41 Å². The molecule has 2 heteroatoms. The Morgan fingerprint density at radius 3 is 2.79 bits per heavy atom. The summed E-state index contributed by atoms with van der Waals surface area (Å²) in [5.41, 5.74) is 0.574. The fourth-order valence-electron chi connectivity index (χ4n) is 2.45. The summed E-state index contributed by atoms with van der Waals surface area (Å²) in [6.45, 7) is 5.70. The minimum Gasteiger partial charge on any atom is -0.497 e. The van der Waals surface area contributed by atoms with Gasteiger partial charge in [0.25, 0.3) is 0 Å². The van der Waals surface area contributed by atoms with Gasteiger partial charge in [0.05, 0.1) is 6.26 Å². The van der Waals surface area contributed by atoms with Crippen LogP contribution < -0.4 is 5.32 Å². The van der Waals surface area contributed by atoms with Gasteiger partial charge in [0.15, 0.2) is 0 Å². The summed E-state index contributed by atoms with van der Waals surface area (Å²) < 4.78 is 5.51. The lowest BCUT2D eigenvalue weighted by molar-refractivity contribution is 0.0855. The van der Waals surface area contributed by atoms with E-state index in [1.165, 1.54) is 25.7 Å². The van der Waals surface area contributed by atoms with Gasteiger partial charge in [0, 0.05) is 12.6 Å². The van der Waals surface area contributed by atoms with E-state index in [1.807, 2.05) is 6.26 Å². The summed E-state index contributed by atoms with van der Waals surface area (Å²) in [6, 6.07) is 0.736. The summed E-state index contributed by atoms with van der Waals surface area (Å²) in [5, 5.41) is 3.59. The van der Waals surface area contributed by atoms with E-state index >= 15 is 0 Å². The Hall–Kier alpha value is -0.500. The number of hydrogen-bond donors (Lipinski definition) is 1. The number of rotatable bonds is 3. The molecule has 2 rings (SSSR count). The molecular weight excluding hydrogens is 174 g/mol. The molecule has 1 atom stereocenters. The Labute approximate surface area is 86.7 Å². The molecule has 14 heavy (non-hydrogen) atoms. The zero-order chi connectivity index (χ0) is 10.0. The third kappa shape index (κ3) is 2.50. The van der Waals surface area contributed by atoms with Gasteiger partial charge in [0.2, 0.25) is 0 Å². The Morgan fingerprint density at radius 1 is 1.43 bits per heavy atom. The smallest absolute Gasteiger partial charge is 0.110 e. The summed E-state index contributed by atoms with van der Waals surface area (Å²) in [4.78, 5) is 0. The molecule has 1 saturated carbocycles. The van der Waals surface area contributed by atoms with Crippen LogP contribution in [-0.2, 0) is 4.74 Å². The third-order valence-electron chi connectivity index (χ3n) is 3.25. The first-order valence-corrected chi connectivity index (χ1v) is 5.70. The Bertz CT molecular complexity index is 214. The average molecular weight is 195 g/mol. The molecule has 2 aliphatic rings. The maximum Gasteiger partial charge on any atom is 0.110 e. The fraction of sp³-hybridized carbons (Fsp3) is 0.833. The fourth-order valence-corrected chi connectivity index (χ4v) is 2.45. The Balaban J connectivity index is 1.62. The van der Waals surface area contributed by atoms with Crippen LogP contribution in [0, 0.1) is 5.41 Å². The number of nitrogens with one attached hydrogen (secondary N) is 1. The zero-order valence-electron chi connectivity index (χ0n) is 9.25. The number of ether oxygens (including phenoxy) is 1. The molecule has 0 aromatic heterocycles. The molecule has 0 amide bonds. The van der Waals surface area contributed by atoms with Gasteiger partial charge in [-0.3, -0.25) is 0 Å². The van der Waals surface area contributed by atoms with Gasteiger partial charge in [-0.15, -0.1) is 0 Å². The molecule has 2 nitrogen and oxygen atoms in total. The molecule has 0 saturated heterocycles. The lowest BCUT2D eigenvalue weighted by Gasteiger charge is -2.43. The average Bonchev–Trinajstić information content (AvgIpc) is 2.13. The van der Waals surface area contributed by atoms with Crippen LogP contribution in [0.4, 0.5) is 0 Å². The first kappa shape index (κ1) is 10.0. The highest BCUT2D eigenvalue weighted by atomic mass is 16.5. The molecule has 0 radical (unpaired) electrons.